The average Bonchev–Trinajstić information content (AvgIpc) is 2.30. The van der Waals surface area contributed by atoms with Gasteiger partial charge in [0.2, 0.25) is 11.8 Å². The Bertz CT molecular complexity index is 336. The lowest BCUT2D eigenvalue weighted by molar-refractivity contribution is -0.136. The maximum atomic E-state index is 11.5. The zero-order chi connectivity index (χ0) is 12.0. The van der Waals surface area contributed by atoms with Crippen molar-refractivity contribution in [3.05, 3.63) is 12.2 Å². The highest BCUT2D eigenvalue weighted by Gasteiger charge is 2.22. The Hall–Kier alpha value is -1.83. The van der Waals surface area contributed by atoms with Gasteiger partial charge >= 0.3 is 0 Å². The molecule has 0 aromatic heterocycles. The summed E-state index contributed by atoms with van der Waals surface area (Å²) in [5, 5.41) is 8.41. The number of piperazine rings is 1. The van der Waals surface area contributed by atoms with Gasteiger partial charge in [-0.05, 0) is 13.0 Å². The highest BCUT2D eigenvalue weighted by atomic mass is 16.2. The number of carbonyl (C=O) groups is 2. The normalized spacial score (nSPS) is 16.2. The first-order chi connectivity index (χ1) is 7.69. The quantitative estimate of drug-likeness (QED) is 0.623. The van der Waals surface area contributed by atoms with E-state index in [1.807, 2.05) is 6.07 Å². The van der Waals surface area contributed by atoms with Gasteiger partial charge in [-0.25, -0.2) is 0 Å². The van der Waals surface area contributed by atoms with Crippen LogP contribution in [0.2, 0.25) is 0 Å². The van der Waals surface area contributed by atoms with Crippen LogP contribution in [0.5, 0.6) is 0 Å². The largest absolute Gasteiger partial charge is 0.338 e. The summed E-state index contributed by atoms with van der Waals surface area (Å²) >= 11 is 0. The van der Waals surface area contributed by atoms with Gasteiger partial charge in [0.05, 0.1) is 6.07 Å². The molecule has 1 heterocycles. The van der Waals surface area contributed by atoms with Gasteiger partial charge in [-0.1, -0.05) is 6.08 Å². The Morgan fingerprint density at radius 1 is 1.25 bits per heavy atom. The average molecular weight is 221 g/mol. The zero-order valence-corrected chi connectivity index (χ0v) is 9.35. The monoisotopic (exact) mass is 221 g/mol. The molecule has 0 aliphatic carbocycles. The fraction of sp³-hybridized carbons (Fsp3) is 0.545. The Labute approximate surface area is 94.9 Å². The molecule has 5 heteroatoms. The molecule has 0 atom stereocenters. The van der Waals surface area contributed by atoms with E-state index in [0.29, 0.717) is 26.2 Å². The lowest BCUT2D eigenvalue weighted by Crippen LogP contribution is -2.50. The molecule has 0 N–H and O–H groups in total. The Morgan fingerprint density at radius 2 is 1.81 bits per heavy atom. The number of nitriles is 1. The zero-order valence-electron chi connectivity index (χ0n) is 9.35. The van der Waals surface area contributed by atoms with E-state index in [-0.39, 0.29) is 18.2 Å². The number of rotatable bonds is 2. The molecule has 0 saturated carbocycles. The third-order valence-electron chi connectivity index (χ3n) is 2.48. The second kappa shape index (κ2) is 5.91. The fourth-order valence-corrected chi connectivity index (χ4v) is 1.60. The number of hydrogen-bond donors (Lipinski definition) is 0. The van der Waals surface area contributed by atoms with Crippen molar-refractivity contribution >= 4 is 11.8 Å². The first kappa shape index (κ1) is 12.2. The molecule has 1 saturated heterocycles. The van der Waals surface area contributed by atoms with Crippen LogP contribution in [-0.4, -0.2) is 47.8 Å². The predicted molar refractivity (Wildman–Crippen MR) is 58.2 cm³/mol. The van der Waals surface area contributed by atoms with E-state index < -0.39 is 0 Å². The highest BCUT2D eigenvalue weighted by molar-refractivity contribution is 5.87. The van der Waals surface area contributed by atoms with Gasteiger partial charge in [0, 0.05) is 26.2 Å². The van der Waals surface area contributed by atoms with Gasteiger partial charge in [0.15, 0.2) is 0 Å². The Balaban J connectivity index is 2.43. The molecule has 1 fully saturated rings. The maximum absolute atomic E-state index is 11.5. The van der Waals surface area contributed by atoms with Crippen molar-refractivity contribution in [2.75, 3.05) is 26.2 Å². The first-order valence-electron chi connectivity index (χ1n) is 5.25. The van der Waals surface area contributed by atoms with E-state index >= 15 is 0 Å². The highest BCUT2D eigenvalue weighted by Crippen LogP contribution is 2.04. The summed E-state index contributed by atoms with van der Waals surface area (Å²) in [5.74, 6) is -0.171. The lowest BCUT2D eigenvalue weighted by Gasteiger charge is -2.33. The van der Waals surface area contributed by atoms with E-state index in [9.17, 15) is 9.59 Å². The third-order valence-corrected chi connectivity index (χ3v) is 2.48. The van der Waals surface area contributed by atoms with E-state index in [1.165, 1.54) is 6.08 Å². The van der Waals surface area contributed by atoms with Crippen LogP contribution in [0.4, 0.5) is 0 Å². The van der Waals surface area contributed by atoms with Crippen molar-refractivity contribution in [1.82, 2.24) is 9.80 Å². The second-order valence-corrected chi connectivity index (χ2v) is 3.54. The van der Waals surface area contributed by atoms with E-state index in [2.05, 4.69) is 0 Å². The molecular formula is C11H15N3O2. The molecule has 0 spiro atoms. The van der Waals surface area contributed by atoms with Crippen molar-refractivity contribution in [2.24, 2.45) is 0 Å². The van der Waals surface area contributed by atoms with Crippen LogP contribution >= 0.6 is 0 Å². The number of carbonyl (C=O) groups excluding carboxylic acids is 2. The summed E-state index contributed by atoms with van der Waals surface area (Å²) in [7, 11) is 0. The molecule has 0 aromatic carbocycles. The van der Waals surface area contributed by atoms with Gasteiger partial charge in [0.25, 0.3) is 0 Å². The molecule has 2 amide bonds. The van der Waals surface area contributed by atoms with Gasteiger partial charge in [-0.15, -0.1) is 0 Å². The number of nitrogens with zero attached hydrogens (tertiary/aromatic N) is 3. The molecule has 16 heavy (non-hydrogen) atoms. The van der Waals surface area contributed by atoms with Crippen LogP contribution in [0.3, 0.4) is 0 Å². The van der Waals surface area contributed by atoms with Crippen molar-refractivity contribution in [3.63, 3.8) is 0 Å². The van der Waals surface area contributed by atoms with E-state index in [4.69, 9.17) is 5.26 Å². The summed E-state index contributed by atoms with van der Waals surface area (Å²) in [5.41, 5.74) is 0. The third kappa shape index (κ3) is 3.09. The number of hydrogen-bond acceptors (Lipinski definition) is 3. The number of allylic oxidation sites excluding steroid dienone is 1. The molecule has 86 valence electrons. The minimum atomic E-state index is -0.152. The van der Waals surface area contributed by atoms with Gasteiger partial charge in [-0.2, -0.15) is 5.26 Å². The Kier molecular flexibility index (Phi) is 4.52. The van der Waals surface area contributed by atoms with Crippen molar-refractivity contribution < 1.29 is 9.59 Å². The molecule has 1 aliphatic rings. The van der Waals surface area contributed by atoms with Gasteiger partial charge in [0.1, 0.15) is 6.42 Å². The summed E-state index contributed by atoms with van der Waals surface area (Å²) in [6, 6.07) is 1.84. The molecule has 5 nitrogen and oxygen atoms in total. The molecule has 1 aliphatic heterocycles. The van der Waals surface area contributed by atoms with Crippen molar-refractivity contribution in [3.8, 4) is 6.07 Å². The standard InChI is InChI=1S/C11H15N3O2/c1-2-3-10(15)13-6-8-14(9-7-13)11(16)4-5-12/h2-3H,4,6-9H2,1H3/b3-2+. The molecule has 0 aromatic rings. The molecule has 1 rings (SSSR count). The molecular weight excluding hydrogens is 206 g/mol. The van der Waals surface area contributed by atoms with Crippen LogP contribution < -0.4 is 0 Å². The maximum Gasteiger partial charge on any atom is 0.246 e. The molecule has 0 radical (unpaired) electrons. The van der Waals surface area contributed by atoms with E-state index in [0.717, 1.165) is 0 Å². The summed E-state index contributed by atoms with van der Waals surface area (Å²) in [6.07, 6.45) is 3.14. The van der Waals surface area contributed by atoms with Gasteiger partial charge in [-0.3, -0.25) is 9.59 Å². The minimum Gasteiger partial charge on any atom is -0.338 e. The number of amides is 2. The van der Waals surface area contributed by atoms with Gasteiger partial charge < -0.3 is 9.80 Å². The topological polar surface area (TPSA) is 64.4 Å². The molecule has 0 bridgehead atoms. The summed E-state index contributed by atoms with van der Waals surface area (Å²) in [6.45, 7) is 3.92. The Morgan fingerprint density at radius 3 is 2.31 bits per heavy atom. The van der Waals surface area contributed by atoms with E-state index in [1.54, 1.807) is 22.8 Å². The van der Waals surface area contributed by atoms with Crippen molar-refractivity contribution in [2.45, 2.75) is 13.3 Å². The lowest BCUT2D eigenvalue weighted by atomic mass is 10.2. The molecule has 0 unspecified atom stereocenters. The van der Waals surface area contributed by atoms with Crippen LogP contribution in [-0.2, 0) is 9.59 Å². The smallest absolute Gasteiger partial charge is 0.246 e. The summed E-state index contributed by atoms with van der Waals surface area (Å²) in [4.78, 5) is 26.2. The SMILES string of the molecule is C/C=C/C(=O)N1CCN(C(=O)CC#N)CC1. The van der Waals surface area contributed by atoms with Crippen LogP contribution in [0, 0.1) is 11.3 Å². The predicted octanol–water partition coefficient (Wildman–Crippen LogP) is 0.147. The van der Waals surface area contributed by atoms with Crippen LogP contribution in [0.1, 0.15) is 13.3 Å². The summed E-state index contributed by atoms with van der Waals surface area (Å²) < 4.78 is 0. The first-order valence-corrected chi connectivity index (χ1v) is 5.25. The van der Waals surface area contributed by atoms with Crippen LogP contribution in [0.15, 0.2) is 12.2 Å². The van der Waals surface area contributed by atoms with Crippen molar-refractivity contribution in [1.29, 1.82) is 5.26 Å². The minimum absolute atomic E-state index is 0.0186. The second-order valence-electron chi connectivity index (χ2n) is 3.54. The van der Waals surface area contributed by atoms with Crippen LogP contribution in [0.25, 0.3) is 0 Å². The fourth-order valence-electron chi connectivity index (χ4n) is 1.60.